The Morgan fingerprint density at radius 2 is 1.85 bits per heavy atom. The molecule has 0 radical (unpaired) electrons. The van der Waals surface area contributed by atoms with Crippen LogP contribution in [-0.4, -0.2) is 10.8 Å². The monoisotopic (exact) mass is 327 g/mol. The van der Waals surface area contributed by atoms with Gasteiger partial charge < -0.3 is 5.11 Å². The van der Waals surface area contributed by atoms with Crippen LogP contribution in [0.4, 0.5) is 5.69 Å². The first kappa shape index (κ1) is 13.3. The van der Waals surface area contributed by atoms with Gasteiger partial charge in [0.2, 0.25) is 0 Å². The molecule has 0 fully saturated rings. The van der Waals surface area contributed by atoms with E-state index in [1.165, 1.54) is 0 Å². The van der Waals surface area contributed by atoms with Crippen LogP contribution in [0.15, 0.2) is 70.7 Å². The van der Waals surface area contributed by atoms with E-state index in [0.717, 1.165) is 21.3 Å². The van der Waals surface area contributed by atoms with Crippen molar-refractivity contribution in [3.05, 3.63) is 76.8 Å². The number of aliphatic hydroxyl groups is 1. The average molecular weight is 328 g/mol. The number of hydrogen-bond donors (Lipinski definition) is 1. The van der Waals surface area contributed by atoms with Crippen molar-refractivity contribution >= 4 is 27.3 Å². The lowest BCUT2D eigenvalue weighted by Crippen LogP contribution is -2.33. The fraction of sp³-hybridized carbons (Fsp3) is 0.118. The summed E-state index contributed by atoms with van der Waals surface area (Å²) in [5.41, 5.74) is 2.13. The summed E-state index contributed by atoms with van der Waals surface area (Å²) in [4.78, 5) is 4.64. The maximum absolute atomic E-state index is 11.2. The molecule has 1 atom stereocenters. The van der Waals surface area contributed by atoms with E-state index in [1.54, 1.807) is 6.08 Å². The normalized spacial score (nSPS) is 20.4. The van der Waals surface area contributed by atoms with E-state index in [-0.39, 0.29) is 0 Å². The van der Waals surface area contributed by atoms with Gasteiger partial charge in [-0.05, 0) is 12.1 Å². The Hall–Kier alpha value is -1.71. The average Bonchev–Trinajstić information content (AvgIpc) is 2.74. The Kier molecular flexibility index (Phi) is 3.32. The summed E-state index contributed by atoms with van der Waals surface area (Å²) < 4.78 is 0.925. The molecule has 3 rings (SSSR count). The van der Waals surface area contributed by atoms with Gasteiger partial charge in [-0.2, -0.15) is 0 Å². The Bertz CT molecular complexity index is 708. The molecule has 2 aromatic rings. The molecular weight excluding hydrogens is 314 g/mol. The lowest BCUT2D eigenvalue weighted by atomic mass is 9.84. The number of rotatable bonds is 3. The van der Waals surface area contributed by atoms with Crippen molar-refractivity contribution in [1.82, 2.24) is 0 Å². The molecule has 2 aromatic carbocycles. The first-order valence-corrected chi connectivity index (χ1v) is 7.23. The number of para-hydroxylation sites is 1. The van der Waals surface area contributed by atoms with Gasteiger partial charge in [0.15, 0.2) is 0 Å². The molecule has 3 heteroatoms. The number of aliphatic imine (C=N–C) groups is 1. The van der Waals surface area contributed by atoms with E-state index in [9.17, 15) is 5.11 Å². The Morgan fingerprint density at radius 1 is 1.15 bits per heavy atom. The van der Waals surface area contributed by atoms with Gasteiger partial charge in [0.25, 0.3) is 0 Å². The van der Waals surface area contributed by atoms with Crippen LogP contribution >= 0.6 is 15.9 Å². The number of fused-ring (bicyclic) bond motifs is 1. The SMILES string of the molecule is C=CCC1(O)C(c2ccccc2Br)=Nc2ccccc21. The molecule has 2 nitrogen and oxygen atoms in total. The Balaban J connectivity index is 2.21. The minimum Gasteiger partial charge on any atom is -0.378 e. The summed E-state index contributed by atoms with van der Waals surface area (Å²) in [6.07, 6.45) is 2.17. The van der Waals surface area contributed by atoms with Crippen molar-refractivity contribution in [2.24, 2.45) is 4.99 Å². The minimum atomic E-state index is -1.11. The molecule has 0 bridgehead atoms. The molecule has 1 unspecified atom stereocenters. The van der Waals surface area contributed by atoms with Crippen molar-refractivity contribution in [3.8, 4) is 0 Å². The number of nitrogens with zero attached hydrogens (tertiary/aromatic N) is 1. The smallest absolute Gasteiger partial charge is 0.138 e. The fourth-order valence-electron chi connectivity index (χ4n) is 2.61. The molecule has 0 saturated carbocycles. The molecule has 1 aliphatic rings. The second kappa shape index (κ2) is 5.00. The number of hydrogen-bond acceptors (Lipinski definition) is 2. The summed E-state index contributed by atoms with van der Waals surface area (Å²) in [6, 6.07) is 15.5. The van der Waals surface area contributed by atoms with Gasteiger partial charge in [0.05, 0.1) is 11.4 Å². The van der Waals surface area contributed by atoms with Crippen LogP contribution in [0.3, 0.4) is 0 Å². The largest absolute Gasteiger partial charge is 0.378 e. The van der Waals surface area contributed by atoms with Gasteiger partial charge >= 0.3 is 0 Å². The van der Waals surface area contributed by atoms with Crippen molar-refractivity contribution in [3.63, 3.8) is 0 Å². The van der Waals surface area contributed by atoms with E-state index < -0.39 is 5.60 Å². The quantitative estimate of drug-likeness (QED) is 0.835. The predicted molar refractivity (Wildman–Crippen MR) is 85.5 cm³/mol. The molecule has 1 N–H and O–H groups in total. The van der Waals surface area contributed by atoms with Crippen LogP contribution in [0, 0.1) is 0 Å². The molecule has 0 aromatic heterocycles. The van der Waals surface area contributed by atoms with E-state index >= 15 is 0 Å². The number of benzene rings is 2. The standard InChI is InChI=1S/C17H14BrNO/c1-2-11-17(20)13-8-4-6-10-15(13)19-16(17)12-7-3-5-9-14(12)18/h2-10,20H,1,11H2. The molecule has 0 saturated heterocycles. The Morgan fingerprint density at radius 3 is 2.60 bits per heavy atom. The van der Waals surface area contributed by atoms with E-state index in [2.05, 4.69) is 27.5 Å². The zero-order valence-electron chi connectivity index (χ0n) is 10.9. The molecule has 1 aliphatic heterocycles. The molecule has 100 valence electrons. The second-order valence-electron chi connectivity index (χ2n) is 4.81. The van der Waals surface area contributed by atoms with Crippen LogP contribution < -0.4 is 0 Å². The van der Waals surface area contributed by atoms with Crippen molar-refractivity contribution < 1.29 is 5.11 Å². The summed E-state index contributed by atoms with van der Waals surface area (Å²) in [7, 11) is 0. The second-order valence-corrected chi connectivity index (χ2v) is 5.66. The van der Waals surface area contributed by atoms with E-state index in [1.807, 2.05) is 48.5 Å². The summed E-state index contributed by atoms with van der Waals surface area (Å²) in [5.74, 6) is 0. The van der Waals surface area contributed by atoms with Crippen LogP contribution in [-0.2, 0) is 5.60 Å². The Labute approximate surface area is 126 Å². The molecule has 0 aliphatic carbocycles. The van der Waals surface area contributed by atoms with E-state index in [0.29, 0.717) is 12.1 Å². The van der Waals surface area contributed by atoms with Gasteiger partial charge in [-0.1, -0.05) is 58.4 Å². The lowest BCUT2D eigenvalue weighted by molar-refractivity contribution is 0.119. The molecule has 20 heavy (non-hydrogen) atoms. The summed E-state index contributed by atoms with van der Waals surface area (Å²) >= 11 is 3.54. The van der Waals surface area contributed by atoms with Gasteiger partial charge in [0, 0.05) is 22.0 Å². The van der Waals surface area contributed by atoms with Crippen molar-refractivity contribution in [2.75, 3.05) is 0 Å². The maximum atomic E-state index is 11.2. The third-order valence-corrected chi connectivity index (χ3v) is 4.23. The van der Waals surface area contributed by atoms with Gasteiger partial charge in [-0.3, -0.25) is 0 Å². The maximum Gasteiger partial charge on any atom is 0.138 e. The first-order chi connectivity index (χ1) is 9.66. The highest BCUT2D eigenvalue weighted by Gasteiger charge is 2.41. The molecular formula is C17H14BrNO. The third kappa shape index (κ3) is 1.94. The van der Waals surface area contributed by atoms with Crippen LogP contribution in [0.25, 0.3) is 0 Å². The zero-order chi connectivity index (χ0) is 14.2. The highest BCUT2D eigenvalue weighted by Crippen LogP contribution is 2.43. The molecule has 1 heterocycles. The summed E-state index contributed by atoms with van der Waals surface area (Å²) in [6.45, 7) is 3.77. The highest BCUT2D eigenvalue weighted by atomic mass is 79.9. The van der Waals surface area contributed by atoms with Crippen LogP contribution in [0.1, 0.15) is 17.5 Å². The topological polar surface area (TPSA) is 32.6 Å². The predicted octanol–water partition coefficient (Wildman–Crippen LogP) is 4.35. The first-order valence-electron chi connectivity index (χ1n) is 6.43. The zero-order valence-corrected chi connectivity index (χ0v) is 12.5. The van der Waals surface area contributed by atoms with Gasteiger partial charge in [-0.15, -0.1) is 6.58 Å². The molecule has 0 amide bonds. The lowest BCUT2D eigenvalue weighted by Gasteiger charge is -2.25. The van der Waals surface area contributed by atoms with Crippen LogP contribution in [0.2, 0.25) is 0 Å². The number of halogens is 1. The van der Waals surface area contributed by atoms with Crippen LogP contribution in [0.5, 0.6) is 0 Å². The molecule has 0 spiro atoms. The van der Waals surface area contributed by atoms with Gasteiger partial charge in [-0.25, -0.2) is 4.99 Å². The van der Waals surface area contributed by atoms with Crippen molar-refractivity contribution in [1.29, 1.82) is 0 Å². The fourth-order valence-corrected chi connectivity index (χ4v) is 3.09. The minimum absolute atomic E-state index is 0.435. The summed E-state index contributed by atoms with van der Waals surface area (Å²) in [5, 5.41) is 11.2. The highest BCUT2D eigenvalue weighted by molar-refractivity contribution is 9.10. The van der Waals surface area contributed by atoms with E-state index in [4.69, 9.17) is 0 Å². The van der Waals surface area contributed by atoms with Gasteiger partial charge in [0.1, 0.15) is 5.60 Å². The van der Waals surface area contributed by atoms with Crippen molar-refractivity contribution in [2.45, 2.75) is 12.0 Å². The third-order valence-electron chi connectivity index (χ3n) is 3.54.